The van der Waals surface area contributed by atoms with Crippen molar-refractivity contribution in [3.63, 3.8) is 0 Å². The van der Waals surface area contributed by atoms with Crippen molar-refractivity contribution in [2.45, 2.75) is 341 Å². The Morgan fingerprint density at radius 1 is 0.256 bits per heavy atom. The van der Waals surface area contributed by atoms with Crippen LogP contribution in [0.3, 0.4) is 0 Å². The minimum atomic E-state index is -0.791. The fourth-order valence-electron chi connectivity index (χ4n) is 9.85. The number of hydrogen-bond acceptors (Lipinski definition) is 6. The smallest absolute Gasteiger partial charge is 0.306 e. The average molecular weight is 1140 g/mol. The predicted molar refractivity (Wildman–Crippen MR) is 357 cm³/mol. The van der Waals surface area contributed by atoms with Gasteiger partial charge in [-0.2, -0.15) is 0 Å². The van der Waals surface area contributed by atoms with Gasteiger partial charge in [0.25, 0.3) is 0 Å². The van der Waals surface area contributed by atoms with Gasteiger partial charge in [0.15, 0.2) is 6.10 Å². The van der Waals surface area contributed by atoms with Gasteiger partial charge in [-0.25, -0.2) is 0 Å². The summed E-state index contributed by atoms with van der Waals surface area (Å²) in [4.78, 5) is 38.4. The van der Waals surface area contributed by atoms with Crippen LogP contribution in [0.1, 0.15) is 335 Å². The largest absolute Gasteiger partial charge is 0.462 e. The Bertz CT molecular complexity index is 1640. The molecule has 1 atom stereocenters. The second-order valence-electron chi connectivity index (χ2n) is 23.1. The average Bonchev–Trinajstić information content (AvgIpc) is 3.47. The summed E-state index contributed by atoms with van der Waals surface area (Å²) in [6.45, 7) is 6.54. The topological polar surface area (TPSA) is 78.9 Å². The summed E-state index contributed by atoms with van der Waals surface area (Å²) in [7, 11) is 0. The molecule has 0 heterocycles. The molecule has 82 heavy (non-hydrogen) atoms. The first kappa shape index (κ1) is 78.1. The summed E-state index contributed by atoms with van der Waals surface area (Å²) in [6, 6.07) is 0. The summed E-state index contributed by atoms with van der Waals surface area (Å²) in [6.07, 6.45) is 95.4. The van der Waals surface area contributed by atoms with Crippen LogP contribution >= 0.6 is 0 Å². The van der Waals surface area contributed by atoms with E-state index in [0.717, 1.165) is 122 Å². The van der Waals surface area contributed by atoms with Gasteiger partial charge in [-0.1, -0.05) is 336 Å². The van der Waals surface area contributed by atoms with Crippen LogP contribution in [0.15, 0.2) is 109 Å². The van der Waals surface area contributed by atoms with Crippen LogP contribution in [0.2, 0.25) is 0 Å². The number of unbranched alkanes of at least 4 members (excludes halogenated alkanes) is 34. The van der Waals surface area contributed by atoms with E-state index in [1.807, 2.05) is 0 Å². The molecular weight excluding hydrogens is 1010 g/mol. The summed E-state index contributed by atoms with van der Waals surface area (Å²) in [5, 5.41) is 0. The van der Waals surface area contributed by atoms with E-state index < -0.39 is 6.10 Å². The lowest BCUT2D eigenvalue weighted by Gasteiger charge is -2.18. The molecule has 1 unspecified atom stereocenters. The maximum Gasteiger partial charge on any atom is 0.306 e. The molecule has 0 spiro atoms. The van der Waals surface area contributed by atoms with Gasteiger partial charge in [-0.15, -0.1) is 0 Å². The Balaban J connectivity index is 4.35. The molecule has 0 amide bonds. The molecule has 0 aliphatic rings. The molecule has 6 heteroatoms. The zero-order valence-corrected chi connectivity index (χ0v) is 54.0. The predicted octanol–water partition coefficient (Wildman–Crippen LogP) is 24.2. The van der Waals surface area contributed by atoms with E-state index in [1.54, 1.807) is 0 Å². The van der Waals surface area contributed by atoms with Crippen molar-refractivity contribution in [3.05, 3.63) is 109 Å². The normalized spacial score (nSPS) is 12.8. The monoisotopic (exact) mass is 1140 g/mol. The molecule has 0 aliphatic carbocycles. The van der Waals surface area contributed by atoms with Crippen molar-refractivity contribution >= 4 is 17.9 Å². The first-order valence-electron chi connectivity index (χ1n) is 34.9. The zero-order chi connectivity index (χ0) is 59.2. The van der Waals surface area contributed by atoms with E-state index in [0.29, 0.717) is 19.3 Å². The van der Waals surface area contributed by atoms with E-state index in [2.05, 4.69) is 130 Å². The molecule has 470 valence electrons. The van der Waals surface area contributed by atoms with Crippen LogP contribution in [-0.4, -0.2) is 37.2 Å². The summed E-state index contributed by atoms with van der Waals surface area (Å²) in [5.74, 6) is -0.903. The van der Waals surface area contributed by atoms with E-state index >= 15 is 0 Å². The number of rotatable bonds is 63. The second-order valence-corrected chi connectivity index (χ2v) is 23.1. The Labute approximate surface area is 508 Å². The van der Waals surface area contributed by atoms with Gasteiger partial charge in [0.05, 0.1) is 0 Å². The lowest BCUT2D eigenvalue weighted by Crippen LogP contribution is -2.30. The Kier molecular flexibility index (Phi) is 66.2. The molecule has 6 nitrogen and oxygen atoms in total. The zero-order valence-electron chi connectivity index (χ0n) is 54.0. The molecule has 0 saturated carbocycles. The Morgan fingerprint density at radius 3 is 0.744 bits per heavy atom. The van der Waals surface area contributed by atoms with Crippen molar-refractivity contribution in [1.82, 2.24) is 0 Å². The first-order valence-corrected chi connectivity index (χ1v) is 34.9. The van der Waals surface area contributed by atoms with Crippen molar-refractivity contribution in [2.24, 2.45) is 0 Å². The summed E-state index contributed by atoms with van der Waals surface area (Å²) >= 11 is 0. The molecule has 0 aliphatic heterocycles. The highest BCUT2D eigenvalue weighted by molar-refractivity contribution is 5.71. The van der Waals surface area contributed by atoms with Gasteiger partial charge < -0.3 is 14.2 Å². The van der Waals surface area contributed by atoms with Crippen molar-refractivity contribution in [3.8, 4) is 0 Å². The number of carbonyl (C=O) groups excluding carboxylic acids is 3. The minimum absolute atomic E-state index is 0.0845. The molecule has 0 aromatic rings. The number of esters is 3. The van der Waals surface area contributed by atoms with Gasteiger partial charge >= 0.3 is 17.9 Å². The van der Waals surface area contributed by atoms with Crippen LogP contribution in [0.5, 0.6) is 0 Å². The maximum absolute atomic E-state index is 12.9. The molecule has 0 fully saturated rings. The summed E-state index contributed by atoms with van der Waals surface area (Å²) < 4.78 is 16.9. The lowest BCUT2D eigenvalue weighted by atomic mass is 10.0. The highest BCUT2D eigenvalue weighted by Gasteiger charge is 2.19. The quantitative estimate of drug-likeness (QED) is 0.0261. The number of allylic oxidation sites excluding steroid dienone is 18. The van der Waals surface area contributed by atoms with Gasteiger partial charge in [-0.05, 0) is 89.9 Å². The van der Waals surface area contributed by atoms with Crippen molar-refractivity contribution < 1.29 is 28.6 Å². The Morgan fingerprint density at radius 2 is 0.476 bits per heavy atom. The molecule has 0 N–H and O–H groups in total. The van der Waals surface area contributed by atoms with Crippen LogP contribution in [-0.2, 0) is 28.6 Å². The van der Waals surface area contributed by atoms with E-state index in [9.17, 15) is 14.4 Å². The maximum atomic E-state index is 12.9. The van der Waals surface area contributed by atoms with E-state index in [4.69, 9.17) is 14.2 Å². The van der Waals surface area contributed by atoms with Gasteiger partial charge in [0.1, 0.15) is 13.2 Å². The van der Waals surface area contributed by atoms with Crippen molar-refractivity contribution in [1.29, 1.82) is 0 Å². The second kappa shape index (κ2) is 69.6. The molecule has 0 aromatic carbocycles. The van der Waals surface area contributed by atoms with Crippen molar-refractivity contribution in [2.75, 3.05) is 13.2 Å². The third-order valence-corrected chi connectivity index (χ3v) is 15.0. The summed E-state index contributed by atoms with van der Waals surface area (Å²) in [5.41, 5.74) is 0. The standard InChI is InChI=1S/C76H130O6/c1-4-7-10-13-16-19-22-25-27-29-31-33-34-35-36-37-38-39-40-41-42-43-45-46-48-51-54-57-60-63-66-69-75(78)81-72-73(71-80-74(77)68-65-62-59-56-53-50-24-21-18-15-12-9-6-3)82-76(79)70-67-64-61-58-55-52-49-47-44-32-30-28-26-23-20-17-14-11-8-5-2/h7,10,16,19,25,27,31,33,35-36,38-39,41-42,45-46,51,54,73H,4-6,8-9,11-15,17-18,20-24,26,28-30,32,34,37,40,43-44,47-50,52-53,55-72H2,1-3H3/b10-7-,19-16-,27-25-,33-31-,36-35-,39-38-,42-41-,46-45-,54-51-. The third kappa shape index (κ3) is 66.9. The first-order chi connectivity index (χ1) is 40.5. The molecule has 0 saturated heterocycles. The Hall–Kier alpha value is -3.93. The minimum Gasteiger partial charge on any atom is -0.462 e. The van der Waals surface area contributed by atoms with Gasteiger partial charge in [0.2, 0.25) is 0 Å². The molecule has 0 rings (SSSR count). The highest BCUT2D eigenvalue weighted by Crippen LogP contribution is 2.17. The number of hydrogen-bond donors (Lipinski definition) is 0. The molecule has 0 aromatic heterocycles. The highest BCUT2D eigenvalue weighted by atomic mass is 16.6. The molecule has 0 radical (unpaired) electrons. The van der Waals surface area contributed by atoms with Crippen LogP contribution in [0, 0.1) is 0 Å². The van der Waals surface area contributed by atoms with E-state index in [1.165, 1.54) is 173 Å². The van der Waals surface area contributed by atoms with Gasteiger partial charge in [0, 0.05) is 19.3 Å². The molecule has 0 bridgehead atoms. The van der Waals surface area contributed by atoms with Crippen LogP contribution in [0.4, 0.5) is 0 Å². The third-order valence-electron chi connectivity index (χ3n) is 15.0. The van der Waals surface area contributed by atoms with E-state index in [-0.39, 0.29) is 31.1 Å². The molecular formula is C76H130O6. The van der Waals surface area contributed by atoms with Crippen LogP contribution < -0.4 is 0 Å². The fraction of sp³-hybridized carbons (Fsp3) is 0.724. The lowest BCUT2D eigenvalue weighted by molar-refractivity contribution is -0.167. The van der Waals surface area contributed by atoms with Crippen LogP contribution in [0.25, 0.3) is 0 Å². The fourth-order valence-corrected chi connectivity index (χ4v) is 9.85. The number of carbonyl (C=O) groups is 3. The number of ether oxygens (including phenoxy) is 3. The SMILES string of the molecule is CC/C=C\C/C=C\C/C=C\C/C=C\C/C=C\C/C=C\C/C=C\C/C=C\C/C=C\CCCCCC(=O)OCC(COC(=O)CCCCCCCCCCCCCCC)OC(=O)CCCCCCCCCCCCCCCCCCCCCC. The van der Waals surface area contributed by atoms with Gasteiger partial charge in [-0.3, -0.25) is 14.4 Å².